The van der Waals surface area contributed by atoms with Gasteiger partial charge in [0, 0.05) is 16.9 Å². The lowest BCUT2D eigenvalue weighted by Crippen LogP contribution is -2.36. The fraction of sp³-hybridized carbons (Fsp3) is 0.207. The molecule has 0 bridgehead atoms. The van der Waals surface area contributed by atoms with E-state index in [1.54, 1.807) is 36.4 Å². The summed E-state index contributed by atoms with van der Waals surface area (Å²) in [5.74, 6) is -0.999. The molecule has 2 atom stereocenters. The first-order chi connectivity index (χ1) is 20.7. The number of nitrogens with zero attached hydrogens (tertiary/aromatic N) is 6. The first-order valence-electron chi connectivity index (χ1n) is 13.0. The maximum absolute atomic E-state index is 13.6. The molecule has 5 rings (SSSR count). The molecule has 3 heterocycles. The summed E-state index contributed by atoms with van der Waals surface area (Å²) in [6, 6.07) is 19.2. The molecule has 2 N–H and O–H groups in total. The molecule has 0 unspecified atom stereocenters. The van der Waals surface area contributed by atoms with Crippen LogP contribution < -0.4 is 14.2 Å². The molecule has 0 fully saturated rings. The summed E-state index contributed by atoms with van der Waals surface area (Å²) >= 11 is 0. The molecule has 5 aromatic rings. The SMILES string of the molecule is COc1cccc(OC)c1-n1c(CS(=O)(=O)[C@@H](C)[C@H](O)c2ncc(F)cn2)nnc1-c1cccc(-c2ccccc2)[n+]1O. The third-order valence-corrected chi connectivity index (χ3v) is 8.92. The molecule has 3 aromatic heterocycles. The Labute approximate surface area is 246 Å². The Morgan fingerprint density at radius 1 is 0.907 bits per heavy atom. The van der Waals surface area contributed by atoms with Crippen molar-refractivity contribution in [1.82, 2.24) is 24.7 Å². The topological polar surface area (TPSA) is 153 Å². The van der Waals surface area contributed by atoms with Gasteiger partial charge in [0.25, 0.3) is 5.69 Å². The predicted molar refractivity (Wildman–Crippen MR) is 152 cm³/mol. The minimum atomic E-state index is -4.17. The number of aliphatic hydroxyl groups is 1. The van der Waals surface area contributed by atoms with Gasteiger partial charge in [-0.05, 0) is 37.3 Å². The van der Waals surface area contributed by atoms with Crippen LogP contribution in [0.5, 0.6) is 11.5 Å². The highest BCUT2D eigenvalue weighted by molar-refractivity contribution is 7.91. The lowest BCUT2D eigenvalue weighted by molar-refractivity contribution is -0.887. The largest absolute Gasteiger partial charge is 0.494 e. The number of aliphatic hydroxyl groups excluding tert-OH is 1. The molecule has 0 aliphatic heterocycles. The van der Waals surface area contributed by atoms with Crippen LogP contribution in [0.2, 0.25) is 0 Å². The molecular formula is C29H28FN6O6S+. The van der Waals surface area contributed by atoms with Crippen molar-refractivity contribution in [2.24, 2.45) is 0 Å². The van der Waals surface area contributed by atoms with Crippen LogP contribution in [0.15, 0.2) is 79.1 Å². The number of benzene rings is 2. The van der Waals surface area contributed by atoms with Gasteiger partial charge < -0.3 is 14.6 Å². The standard InChI is InChI=1S/C29H28FN6O6S/c1-18(27(37)28-31-15-20(30)16-32-28)43(39,40)17-25-33-34-29(35(25)26-23(41-2)13-8-14-24(26)42-3)22-12-7-11-21(36(22)38)19-9-5-4-6-10-19/h4-16,18,27,37-38H,17H2,1-3H3/q+1/t18-,27-/m0/s1. The highest BCUT2D eigenvalue weighted by Crippen LogP contribution is 2.37. The Morgan fingerprint density at radius 2 is 1.51 bits per heavy atom. The summed E-state index contributed by atoms with van der Waals surface area (Å²) < 4.78 is 54.2. The quantitative estimate of drug-likeness (QED) is 0.179. The van der Waals surface area contributed by atoms with Gasteiger partial charge >= 0.3 is 5.69 Å². The normalized spacial score (nSPS) is 13.0. The van der Waals surface area contributed by atoms with Gasteiger partial charge in [-0.2, -0.15) is 0 Å². The number of methoxy groups -OCH3 is 2. The summed E-state index contributed by atoms with van der Waals surface area (Å²) in [4.78, 5) is 7.44. The van der Waals surface area contributed by atoms with Crippen LogP contribution in [-0.4, -0.2) is 62.9 Å². The molecule has 0 radical (unpaired) electrons. The molecule has 12 nitrogen and oxygen atoms in total. The number of sulfone groups is 1. The van der Waals surface area contributed by atoms with Gasteiger partial charge in [0.05, 0.1) is 37.4 Å². The molecular weight excluding hydrogens is 579 g/mol. The molecule has 0 spiro atoms. The van der Waals surface area contributed by atoms with Crippen LogP contribution in [-0.2, 0) is 15.6 Å². The van der Waals surface area contributed by atoms with Crippen LogP contribution >= 0.6 is 0 Å². The molecule has 222 valence electrons. The van der Waals surface area contributed by atoms with Crippen molar-refractivity contribution < 1.29 is 37.3 Å². The van der Waals surface area contributed by atoms with E-state index in [9.17, 15) is 23.1 Å². The van der Waals surface area contributed by atoms with Gasteiger partial charge in [0.1, 0.15) is 29.0 Å². The summed E-state index contributed by atoms with van der Waals surface area (Å²) in [6.07, 6.45) is 0.0367. The third-order valence-electron chi connectivity index (χ3n) is 6.86. The highest BCUT2D eigenvalue weighted by atomic mass is 32.2. The molecule has 14 heteroatoms. The van der Waals surface area contributed by atoms with Crippen molar-refractivity contribution in [2.75, 3.05) is 14.2 Å². The predicted octanol–water partition coefficient (Wildman–Crippen LogP) is 3.11. The Morgan fingerprint density at radius 3 is 2.14 bits per heavy atom. The van der Waals surface area contributed by atoms with E-state index in [2.05, 4.69) is 20.2 Å². The maximum Gasteiger partial charge on any atom is 0.302 e. The van der Waals surface area contributed by atoms with Gasteiger partial charge in [-0.25, -0.2) is 22.8 Å². The van der Waals surface area contributed by atoms with Crippen LogP contribution in [0.3, 0.4) is 0 Å². The second kappa shape index (κ2) is 12.1. The number of rotatable bonds is 10. The minimum Gasteiger partial charge on any atom is -0.494 e. The van der Waals surface area contributed by atoms with E-state index in [0.717, 1.165) is 22.7 Å². The van der Waals surface area contributed by atoms with Crippen molar-refractivity contribution in [3.05, 3.63) is 96.6 Å². The van der Waals surface area contributed by atoms with Crippen LogP contribution in [0, 0.1) is 5.82 Å². The van der Waals surface area contributed by atoms with Gasteiger partial charge in [-0.1, -0.05) is 24.3 Å². The highest BCUT2D eigenvalue weighted by Gasteiger charge is 2.35. The molecule has 0 aliphatic carbocycles. The zero-order chi connectivity index (χ0) is 30.7. The molecule has 2 aromatic carbocycles. The summed E-state index contributed by atoms with van der Waals surface area (Å²) in [5, 5.41) is 29.2. The van der Waals surface area contributed by atoms with Crippen molar-refractivity contribution in [2.45, 2.75) is 24.0 Å². The Kier molecular flexibility index (Phi) is 8.32. The molecule has 0 amide bonds. The second-order valence-electron chi connectivity index (χ2n) is 9.48. The lowest BCUT2D eigenvalue weighted by Gasteiger charge is -2.19. The van der Waals surface area contributed by atoms with E-state index in [-0.39, 0.29) is 28.9 Å². The van der Waals surface area contributed by atoms with Crippen molar-refractivity contribution >= 4 is 9.84 Å². The van der Waals surface area contributed by atoms with E-state index < -0.39 is 32.8 Å². The monoisotopic (exact) mass is 607 g/mol. The van der Waals surface area contributed by atoms with Crippen molar-refractivity contribution in [3.8, 4) is 40.0 Å². The van der Waals surface area contributed by atoms with Gasteiger partial charge in [-0.15, -0.1) is 10.2 Å². The summed E-state index contributed by atoms with van der Waals surface area (Å²) in [5.41, 5.74) is 1.66. The van der Waals surface area contributed by atoms with E-state index in [1.165, 1.54) is 25.7 Å². The summed E-state index contributed by atoms with van der Waals surface area (Å²) in [6.45, 7) is 1.29. The number of hydrogen-bond acceptors (Lipinski definition) is 10. The molecule has 0 saturated carbocycles. The summed E-state index contributed by atoms with van der Waals surface area (Å²) in [7, 11) is -1.28. The molecule has 0 aliphatic rings. The molecule has 43 heavy (non-hydrogen) atoms. The first kappa shape index (κ1) is 29.5. The van der Waals surface area contributed by atoms with Gasteiger partial charge in [0.15, 0.2) is 27.3 Å². The number of pyridine rings is 1. The zero-order valence-corrected chi connectivity index (χ0v) is 24.2. The average Bonchev–Trinajstić information content (AvgIpc) is 3.42. The lowest BCUT2D eigenvalue weighted by atomic mass is 10.1. The van der Waals surface area contributed by atoms with Gasteiger partial charge in [-0.3, -0.25) is 9.77 Å². The fourth-order valence-electron chi connectivity index (χ4n) is 4.55. The Bertz CT molecular complexity index is 1830. The van der Waals surface area contributed by atoms with Crippen LogP contribution in [0.4, 0.5) is 4.39 Å². The van der Waals surface area contributed by atoms with E-state index in [4.69, 9.17) is 9.47 Å². The number of halogens is 1. The number of para-hydroxylation sites is 1. The smallest absolute Gasteiger partial charge is 0.302 e. The maximum atomic E-state index is 13.6. The second-order valence-corrected chi connectivity index (χ2v) is 11.8. The number of aromatic nitrogens is 6. The van der Waals surface area contributed by atoms with Crippen LogP contribution in [0.1, 0.15) is 24.7 Å². The zero-order valence-electron chi connectivity index (χ0n) is 23.4. The fourth-order valence-corrected chi connectivity index (χ4v) is 5.88. The van der Waals surface area contributed by atoms with E-state index in [0.29, 0.717) is 17.2 Å². The number of ether oxygens (including phenoxy) is 2. The Hall–Kier alpha value is -4.95. The van der Waals surface area contributed by atoms with Crippen LogP contribution in [0.25, 0.3) is 28.5 Å². The molecule has 0 saturated heterocycles. The van der Waals surface area contributed by atoms with E-state index >= 15 is 0 Å². The van der Waals surface area contributed by atoms with Crippen molar-refractivity contribution in [3.63, 3.8) is 0 Å². The van der Waals surface area contributed by atoms with E-state index in [1.807, 2.05) is 30.3 Å². The van der Waals surface area contributed by atoms with Crippen molar-refractivity contribution in [1.29, 1.82) is 0 Å². The Balaban J connectivity index is 1.66. The first-order valence-corrected chi connectivity index (χ1v) is 14.7. The minimum absolute atomic E-state index is 0.0537. The van der Waals surface area contributed by atoms with Gasteiger partial charge in [0.2, 0.25) is 5.82 Å². The average molecular weight is 608 g/mol. The third kappa shape index (κ3) is 5.74. The number of hydrogen-bond donors (Lipinski definition) is 2.